The zero-order valence-electron chi connectivity index (χ0n) is 10.8. The molecule has 0 saturated heterocycles. The van der Waals surface area contributed by atoms with E-state index in [2.05, 4.69) is 10.3 Å². The van der Waals surface area contributed by atoms with Crippen LogP contribution in [0.3, 0.4) is 0 Å². The number of hydrogen-bond acceptors (Lipinski definition) is 3. The summed E-state index contributed by atoms with van der Waals surface area (Å²) in [6, 6.07) is 2.53. The maximum atomic E-state index is 11.9. The van der Waals surface area contributed by atoms with Gasteiger partial charge in [0.2, 0.25) is 0 Å². The Morgan fingerprint density at radius 2 is 2.11 bits per heavy atom. The number of aromatic nitrogens is 1. The molecule has 0 unspecified atom stereocenters. The van der Waals surface area contributed by atoms with Crippen molar-refractivity contribution in [1.29, 1.82) is 0 Å². The number of carboxylic acids is 1. The molecule has 1 aromatic rings. The number of amides is 1. The summed E-state index contributed by atoms with van der Waals surface area (Å²) in [7, 11) is 0. The molecule has 0 aliphatic rings. The number of rotatable bonds is 5. The predicted molar refractivity (Wildman–Crippen MR) is 67.3 cm³/mol. The molecule has 1 amide bonds. The molecule has 0 aromatic carbocycles. The second-order valence-corrected chi connectivity index (χ2v) is 4.71. The van der Waals surface area contributed by atoms with E-state index in [1.54, 1.807) is 12.1 Å². The average Bonchev–Trinajstić information content (AvgIpc) is 2.27. The van der Waals surface area contributed by atoms with Crippen LogP contribution in [0.15, 0.2) is 18.3 Å². The van der Waals surface area contributed by atoms with Crippen LogP contribution >= 0.6 is 0 Å². The number of aryl methyl sites for hydroxylation is 1. The Morgan fingerprint density at radius 3 is 2.61 bits per heavy atom. The molecule has 2 N–H and O–H groups in total. The SMILES string of the molecule is Cc1ccnc(C(=O)N[C@H](CC(C)C)C(=O)O)c1. The molecule has 1 atom stereocenters. The molecule has 0 aliphatic carbocycles. The summed E-state index contributed by atoms with van der Waals surface area (Å²) in [6.45, 7) is 5.67. The minimum Gasteiger partial charge on any atom is -0.480 e. The monoisotopic (exact) mass is 250 g/mol. The van der Waals surface area contributed by atoms with Crippen LogP contribution in [-0.4, -0.2) is 28.0 Å². The van der Waals surface area contributed by atoms with E-state index in [9.17, 15) is 9.59 Å². The van der Waals surface area contributed by atoms with Crippen molar-refractivity contribution in [3.05, 3.63) is 29.6 Å². The number of hydrogen-bond donors (Lipinski definition) is 2. The predicted octanol–water partition coefficient (Wildman–Crippen LogP) is 1.62. The third-order valence-corrected chi connectivity index (χ3v) is 2.46. The van der Waals surface area contributed by atoms with Gasteiger partial charge >= 0.3 is 5.97 Å². The minimum absolute atomic E-state index is 0.192. The summed E-state index contributed by atoms with van der Waals surface area (Å²) in [5.41, 5.74) is 1.15. The lowest BCUT2D eigenvalue weighted by molar-refractivity contribution is -0.139. The maximum Gasteiger partial charge on any atom is 0.326 e. The molecule has 0 aliphatic heterocycles. The molecule has 1 heterocycles. The Kier molecular flexibility index (Phi) is 4.83. The van der Waals surface area contributed by atoms with Gasteiger partial charge in [0.15, 0.2) is 0 Å². The quantitative estimate of drug-likeness (QED) is 0.832. The summed E-state index contributed by atoms with van der Waals surface area (Å²) in [4.78, 5) is 26.8. The van der Waals surface area contributed by atoms with Crippen molar-refractivity contribution < 1.29 is 14.7 Å². The highest BCUT2D eigenvalue weighted by molar-refractivity contribution is 5.95. The first-order valence-electron chi connectivity index (χ1n) is 5.86. The lowest BCUT2D eigenvalue weighted by Gasteiger charge is -2.16. The van der Waals surface area contributed by atoms with E-state index in [0.29, 0.717) is 6.42 Å². The summed E-state index contributed by atoms with van der Waals surface area (Å²) in [5, 5.41) is 11.5. The van der Waals surface area contributed by atoms with Gasteiger partial charge in [-0.05, 0) is 37.0 Å². The van der Waals surface area contributed by atoms with E-state index >= 15 is 0 Å². The van der Waals surface area contributed by atoms with Gasteiger partial charge in [0.25, 0.3) is 5.91 Å². The number of aliphatic carboxylic acids is 1. The van der Waals surface area contributed by atoms with Gasteiger partial charge in [0.05, 0.1) is 0 Å². The molecule has 1 rings (SSSR count). The van der Waals surface area contributed by atoms with Crippen LogP contribution in [0.1, 0.15) is 36.3 Å². The Morgan fingerprint density at radius 1 is 1.44 bits per heavy atom. The standard InChI is InChI=1S/C13H18N2O3/c1-8(2)6-11(13(17)18)15-12(16)10-7-9(3)4-5-14-10/h4-5,7-8,11H,6H2,1-3H3,(H,15,16)(H,17,18)/t11-/m1/s1. The van der Waals surface area contributed by atoms with Crippen LogP contribution in [0.25, 0.3) is 0 Å². The van der Waals surface area contributed by atoms with Gasteiger partial charge in [-0.1, -0.05) is 13.8 Å². The molecule has 0 bridgehead atoms. The highest BCUT2D eigenvalue weighted by atomic mass is 16.4. The van der Waals surface area contributed by atoms with Gasteiger partial charge < -0.3 is 10.4 Å². The Hall–Kier alpha value is -1.91. The van der Waals surface area contributed by atoms with E-state index in [4.69, 9.17) is 5.11 Å². The van der Waals surface area contributed by atoms with Crippen molar-refractivity contribution >= 4 is 11.9 Å². The van der Waals surface area contributed by atoms with Gasteiger partial charge in [-0.15, -0.1) is 0 Å². The number of carboxylic acid groups (broad SMARTS) is 1. The number of carbonyl (C=O) groups excluding carboxylic acids is 1. The number of pyridine rings is 1. The second-order valence-electron chi connectivity index (χ2n) is 4.71. The smallest absolute Gasteiger partial charge is 0.326 e. The Bertz CT molecular complexity index is 444. The topological polar surface area (TPSA) is 79.3 Å². The Balaban J connectivity index is 2.75. The number of nitrogens with one attached hydrogen (secondary N) is 1. The molecule has 98 valence electrons. The highest BCUT2D eigenvalue weighted by Gasteiger charge is 2.22. The highest BCUT2D eigenvalue weighted by Crippen LogP contribution is 2.06. The van der Waals surface area contributed by atoms with Crippen molar-refractivity contribution in [2.75, 3.05) is 0 Å². The molecule has 0 saturated carbocycles. The maximum absolute atomic E-state index is 11.9. The minimum atomic E-state index is -1.02. The molecule has 1 aromatic heterocycles. The first kappa shape index (κ1) is 14.2. The first-order chi connectivity index (χ1) is 8.40. The van der Waals surface area contributed by atoms with E-state index < -0.39 is 17.9 Å². The van der Waals surface area contributed by atoms with Crippen LogP contribution in [0.5, 0.6) is 0 Å². The van der Waals surface area contributed by atoms with Gasteiger partial charge in [0.1, 0.15) is 11.7 Å². The van der Waals surface area contributed by atoms with E-state index in [1.807, 2.05) is 20.8 Å². The van der Waals surface area contributed by atoms with Crippen molar-refractivity contribution in [3.63, 3.8) is 0 Å². The van der Waals surface area contributed by atoms with Crippen molar-refractivity contribution in [2.24, 2.45) is 5.92 Å². The fraction of sp³-hybridized carbons (Fsp3) is 0.462. The van der Waals surface area contributed by atoms with Crippen LogP contribution in [0, 0.1) is 12.8 Å². The fourth-order valence-electron chi connectivity index (χ4n) is 1.59. The normalized spacial score (nSPS) is 12.2. The van der Waals surface area contributed by atoms with Gasteiger partial charge in [-0.3, -0.25) is 9.78 Å². The zero-order valence-corrected chi connectivity index (χ0v) is 10.8. The molecule has 0 spiro atoms. The van der Waals surface area contributed by atoms with Crippen molar-refractivity contribution in [1.82, 2.24) is 10.3 Å². The van der Waals surface area contributed by atoms with E-state index in [0.717, 1.165) is 5.56 Å². The molecule has 0 fully saturated rings. The fourth-order valence-corrected chi connectivity index (χ4v) is 1.59. The van der Waals surface area contributed by atoms with Crippen LogP contribution in [-0.2, 0) is 4.79 Å². The number of carbonyl (C=O) groups is 2. The Labute approximate surface area is 106 Å². The molecular formula is C13H18N2O3. The van der Waals surface area contributed by atoms with Crippen LogP contribution in [0.4, 0.5) is 0 Å². The molecular weight excluding hydrogens is 232 g/mol. The lowest BCUT2D eigenvalue weighted by Crippen LogP contribution is -2.41. The largest absolute Gasteiger partial charge is 0.480 e. The lowest BCUT2D eigenvalue weighted by atomic mass is 10.0. The first-order valence-corrected chi connectivity index (χ1v) is 5.86. The second kappa shape index (κ2) is 6.14. The van der Waals surface area contributed by atoms with Crippen molar-refractivity contribution in [2.45, 2.75) is 33.2 Å². The zero-order chi connectivity index (χ0) is 13.7. The summed E-state index contributed by atoms with van der Waals surface area (Å²) < 4.78 is 0. The van der Waals surface area contributed by atoms with Gasteiger partial charge in [-0.2, -0.15) is 0 Å². The van der Waals surface area contributed by atoms with Crippen molar-refractivity contribution in [3.8, 4) is 0 Å². The van der Waals surface area contributed by atoms with Crippen LogP contribution < -0.4 is 5.32 Å². The van der Waals surface area contributed by atoms with Crippen LogP contribution in [0.2, 0.25) is 0 Å². The third kappa shape index (κ3) is 4.16. The summed E-state index contributed by atoms with van der Waals surface area (Å²) in [5.74, 6) is -1.28. The molecule has 5 nitrogen and oxygen atoms in total. The van der Waals surface area contributed by atoms with E-state index in [-0.39, 0.29) is 11.6 Å². The third-order valence-electron chi connectivity index (χ3n) is 2.46. The van der Waals surface area contributed by atoms with Gasteiger partial charge in [0, 0.05) is 6.20 Å². The van der Waals surface area contributed by atoms with Gasteiger partial charge in [-0.25, -0.2) is 4.79 Å². The molecule has 5 heteroatoms. The van der Waals surface area contributed by atoms with E-state index in [1.165, 1.54) is 6.20 Å². The summed E-state index contributed by atoms with van der Waals surface area (Å²) >= 11 is 0. The molecule has 0 radical (unpaired) electrons. The molecule has 18 heavy (non-hydrogen) atoms. The number of nitrogens with zero attached hydrogens (tertiary/aromatic N) is 1. The summed E-state index contributed by atoms with van der Waals surface area (Å²) in [6.07, 6.45) is 1.93. The average molecular weight is 250 g/mol.